The average Bonchev–Trinajstić information content (AvgIpc) is 2.83. The summed E-state index contributed by atoms with van der Waals surface area (Å²) in [6.07, 6.45) is 11.2. The van der Waals surface area contributed by atoms with Crippen LogP contribution in [0.15, 0.2) is 16.3 Å². The molecule has 0 aliphatic heterocycles. The third-order valence-electron chi connectivity index (χ3n) is 5.51. The summed E-state index contributed by atoms with van der Waals surface area (Å²) >= 11 is 3.83. The van der Waals surface area contributed by atoms with Gasteiger partial charge in [0, 0.05) is 17.0 Å². The molecule has 1 nitrogen and oxygen atoms in total. The molecule has 0 radical (unpaired) electrons. The van der Waals surface area contributed by atoms with E-state index in [-0.39, 0.29) is 0 Å². The third kappa shape index (κ3) is 2.38. The van der Waals surface area contributed by atoms with Gasteiger partial charge in [-0.3, -0.25) is 0 Å². The van der Waals surface area contributed by atoms with E-state index >= 15 is 0 Å². The second-order valence-corrected chi connectivity index (χ2v) is 9.25. The van der Waals surface area contributed by atoms with Crippen molar-refractivity contribution in [1.82, 2.24) is 5.32 Å². The molecule has 1 N–H and O–H groups in total. The van der Waals surface area contributed by atoms with Crippen molar-refractivity contribution >= 4 is 23.1 Å². The first-order valence-electron chi connectivity index (χ1n) is 7.62. The minimum Gasteiger partial charge on any atom is -0.306 e. The predicted octanol–water partition coefficient (Wildman–Crippen LogP) is 4.53. The number of hydrogen-bond acceptors (Lipinski definition) is 3. The van der Waals surface area contributed by atoms with Gasteiger partial charge in [0.15, 0.2) is 0 Å². The molecule has 19 heavy (non-hydrogen) atoms. The monoisotopic (exact) mass is 293 g/mol. The third-order valence-corrected chi connectivity index (χ3v) is 7.68. The fraction of sp³-hybridized carbons (Fsp3) is 0.750. The molecule has 0 atom stereocenters. The van der Waals surface area contributed by atoms with Crippen molar-refractivity contribution in [2.45, 2.75) is 54.8 Å². The van der Waals surface area contributed by atoms with Crippen molar-refractivity contribution in [3.63, 3.8) is 0 Å². The molecule has 0 spiro atoms. The molecular weight excluding hydrogens is 270 g/mol. The van der Waals surface area contributed by atoms with Crippen LogP contribution in [-0.4, -0.2) is 11.8 Å². The molecule has 1 aromatic rings. The second-order valence-electron chi connectivity index (χ2n) is 6.98. The van der Waals surface area contributed by atoms with Gasteiger partial charge in [0.05, 0.1) is 4.21 Å². The van der Waals surface area contributed by atoms with Crippen LogP contribution in [0, 0.1) is 17.8 Å². The minimum absolute atomic E-state index is 0.512. The smallest absolute Gasteiger partial charge is 0.0599 e. The number of hydrogen-bond donors (Lipinski definition) is 1. The van der Waals surface area contributed by atoms with Crippen LogP contribution in [0.5, 0.6) is 0 Å². The first kappa shape index (κ1) is 12.7. The van der Waals surface area contributed by atoms with Crippen LogP contribution in [0.2, 0.25) is 0 Å². The normalized spacial score (nSPS) is 39.9. The van der Waals surface area contributed by atoms with E-state index in [1.54, 1.807) is 0 Å². The van der Waals surface area contributed by atoms with E-state index < -0.39 is 0 Å². The molecule has 4 aliphatic carbocycles. The summed E-state index contributed by atoms with van der Waals surface area (Å²) in [5, 5.41) is 3.98. The van der Waals surface area contributed by atoms with Gasteiger partial charge in [-0.25, -0.2) is 0 Å². The molecule has 5 rings (SSSR count). The van der Waals surface area contributed by atoms with Crippen molar-refractivity contribution < 1.29 is 0 Å². The Labute approximate surface area is 124 Å². The highest BCUT2D eigenvalue weighted by Crippen LogP contribution is 2.55. The lowest BCUT2D eigenvalue weighted by Gasteiger charge is -2.57. The van der Waals surface area contributed by atoms with E-state index in [1.807, 2.05) is 23.1 Å². The summed E-state index contributed by atoms with van der Waals surface area (Å²) in [6, 6.07) is 4.58. The van der Waals surface area contributed by atoms with Gasteiger partial charge >= 0.3 is 0 Å². The topological polar surface area (TPSA) is 12.0 Å². The van der Waals surface area contributed by atoms with Gasteiger partial charge in [0.2, 0.25) is 0 Å². The molecule has 4 saturated carbocycles. The van der Waals surface area contributed by atoms with Crippen LogP contribution >= 0.6 is 23.1 Å². The zero-order valence-corrected chi connectivity index (χ0v) is 13.3. The van der Waals surface area contributed by atoms with Crippen LogP contribution in [-0.2, 0) is 6.54 Å². The Kier molecular flexibility index (Phi) is 3.20. The van der Waals surface area contributed by atoms with E-state index in [4.69, 9.17) is 0 Å². The molecule has 4 aliphatic rings. The van der Waals surface area contributed by atoms with Gasteiger partial charge in [-0.2, -0.15) is 0 Å². The van der Waals surface area contributed by atoms with Gasteiger partial charge in [-0.1, -0.05) is 0 Å². The number of rotatable bonds is 4. The summed E-state index contributed by atoms with van der Waals surface area (Å²) in [6.45, 7) is 1.09. The van der Waals surface area contributed by atoms with E-state index in [1.165, 1.54) is 47.6 Å². The maximum Gasteiger partial charge on any atom is 0.0599 e. The molecule has 0 amide bonds. The quantitative estimate of drug-likeness (QED) is 0.819. The fourth-order valence-electron chi connectivity index (χ4n) is 5.16. The molecule has 0 unspecified atom stereocenters. The highest BCUT2D eigenvalue weighted by Gasteiger charge is 2.50. The lowest BCUT2D eigenvalue weighted by Crippen LogP contribution is -2.58. The van der Waals surface area contributed by atoms with Gasteiger partial charge in [-0.15, -0.1) is 23.1 Å². The summed E-state index contributed by atoms with van der Waals surface area (Å²) in [5.74, 6) is 3.14. The Morgan fingerprint density at radius 2 is 1.79 bits per heavy atom. The van der Waals surface area contributed by atoms with Gasteiger partial charge in [0.1, 0.15) is 0 Å². The van der Waals surface area contributed by atoms with Crippen LogP contribution in [0.1, 0.15) is 43.4 Å². The maximum atomic E-state index is 3.98. The summed E-state index contributed by atoms with van der Waals surface area (Å²) in [5.41, 5.74) is 0.512. The molecule has 1 heterocycles. The van der Waals surface area contributed by atoms with Crippen molar-refractivity contribution in [2.75, 3.05) is 6.26 Å². The number of nitrogens with one attached hydrogen (secondary N) is 1. The minimum atomic E-state index is 0.512. The molecule has 0 saturated heterocycles. The maximum absolute atomic E-state index is 3.98. The Morgan fingerprint density at radius 1 is 1.16 bits per heavy atom. The van der Waals surface area contributed by atoms with E-state index in [0.717, 1.165) is 24.3 Å². The lowest BCUT2D eigenvalue weighted by atomic mass is 9.53. The molecule has 3 heteroatoms. The van der Waals surface area contributed by atoms with Crippen molar-refractivity contribution in [2.24, 2.45) is 17.8 Å². The van der Waals surface area contributed by atoms with Gasteiger partial charge in [0.25, 0.3) is 0 Å². The van der Waals surface area contributed by atoms with Crippen LogP contribution in [0.25, 0.3) is 0 Å². The highest BCUT2D eigenvalue weighted by molar-refractivity contribution is 8.00. The first-order chi connectivity index (χ1) is 9.25. The Morgan fingerprint density at radius 3 is 2.32 bits per heavy atom. The molecule has 0 aromatic carbocycles. The summed E-state index contributed by atoms with van der Waals surface area (Å²) < 4.78 is 1.45. The standard InChI is InChI=1S/C16H23NS2/c1-18-15-3-2-14(19-15)10-17-16-7-11-4-12(8-16)6-13(5-11)9-16/h2-3,11-13,17H,4-10H2,1H3. The highest BCUT2D eigenvalue weighted by atomic mass is 32.2. The van der Waals surface area contributed by atoms with Gasteiger partial charge in [-0.05, 0) is 74.7 Å². The lowest BCUT2D eigenvalue weighted by molar-refractivity contribution is -0.0204. The fourth-order valence-corrected chi connectivity index (χ4v) is 6.70. The zero-order valence-electron chi connectivity index (χ0n) is 11.7. The van der Waals surface area contributed by atoms with Crippen molar-refractivity contribution in [3.8, 4) is 0 Å². The van der Waals surface area contributed by atoms with Crippen molar-refractivity contribution in [3.05, 3.63) is 17.0 Å². The molecular formula is C16H23NS2. The first-order valence-corrected chi connectivity index (χ1v) is 9.66. The van der Waals surface area contributed by atoms with Crippen LogP contribution < -0.4 is 5.32 Å². The summed E-state index contributed by atoms with van der Waals surface area (Å²) in [4.78, 5) is 1.51. The SMILES string of the molecule is CSc1ccc(CNC23CC4CC(CC(C4)C2)C3)s1. The molecule has 4 fully saturated rings. The van der Waals surface area contributed by atoms with Gasteiger partial charge < -0.3 is 5.32 Å². The Balaban J connectivity index is 1.44. The predicted molar refractivity (Wildman–Crippen MR) is 83.8 cm³/mol. The Hall–Kier alpha value is 0.01000. The molecule has 4 bridgehead atoms. The van der Waals surface area contributed by atoms with E-state index in [9.17, 15) is 0 Å². The van der Waals surface area contributed by atoms with Crippen LogP contribution in [0.3, 0.4) is 0 Å². The second kappa shape index (κ2) is 4.78. The number of thiophene rings is 1. The van der Waals surface area contributed by atoms with Crippen LogP contribution in [0.4, 0.5) is 0 Å². The zero-order chi connectivity index (χ0) is 12.9. The van der Waals surface area contributed by atoms with E-state index in [0.29, 0.717) is 5.54 Å². The Bertz CT molecular complexity index is 430. The molecule has 1 aromatic heterocycles. The average molecular weight is 294 g/mol. The van der Waals surface area contributed by atoms with Crippen molar-refractivity contribution in [1.29, 1.82) is 0 Å². The largest absolute Gasteiger partial charge is 0.306 e. The number of thioether (sulfide) groups is 1. The summed E-state index contributed by atoms with van der Waals surface area (Å²) in [7, 11) is 0. The van der Waals surface area contributed by atoms with E-state index in [2.05, 4.69) is 23.7 Å². The molecule has 104 valence electrons.